The number of nitrogens with two attached hydrogens (primary N) is 1. The van der Waals surface area contributed by atoms with Gasteiger partial charge in [-0.05, 0) is 31.2 Å². The van der Waals surface area contributed by atoms with Crippen molar-refractivity contribution in [2.45, 2.75) is 18.6 Å². The van der Waals surface area contributed by atoms with Crippen molar-refractivity contribution >= 4 is 11.6 Å². The van der Waals surface area contributed by atoms with E-state index < -0.39 is 6.10 Å². The zero-order chi connectivity index (χ0) is 13.1. The fourth-order valence-corrected chi connectivity index (χ4v) is 2.36. The van der Waals surface area contributed by atoms with Crippen molar-refractivity contribution in [2.24, 2.45) is 5.73 Å². The summed E-state index contributed by atoms with van der Waals surface area (Å²) < 4.78 is 5.86. The normalized spacial score (nSPS) is 22.1. The highest BCUT2D eigenvalue weighted by Crippen LogP contribution is 2.29. The monoisotopic (exact) mass is 270 g/mol. The SMILES string of the molecule is CN1CCC(Oc2ccc(C(O)CN)cc2Cl)C1. The van der Waals surface area contributed by atoms with Crippen molar-refractivity contribution in [3.8, 4) is 5.75 Å². The minimum atomic E-state index is -0.672. The van der Waals surface area contributed by atoms with Crippen molar-refractivity contribution < 1.29 is 9.84 Å². The van der Waals surface area contributed by atoms with Gasteiger partial charge in [0.05, 0.1) is 11.1 Å². The second-order valence-electron chi connectivity index (χ2n) is 4.73. The van der Waals surface area contributed by atoms with Gasteiger partial charge in [0.25, 0.3) is 0 Å². The van der Waals surface area contributed by atoms with Crippen LogP contribution in [0.5, 0.6) is 5.75 Å². The number of aliphatic hydroxyl groups excluding tert-OH is 1. The van der Waals surface area contributed by atoms with E-state index in [0.29, 0.717) is 10.8 Å². The largest absolute Gasteiger partial charge is 0.487 e. The lowest BCUT2D eigenvalue weighted by molar-refractivity contribution is 0.186. The minimum Gasteiger partial charge on any atom is -0.487 e. The number of benzene rings is 1. The summed E-state index contributed by atoms with van der Waals surface area (Å²) in [4.78, 5) is 2.23. The van der Waals surface area contributed by atoms with Gasteiger partial charge in [0.2, 0.25) is 0 Å². The molecule has 100 valence electrons. The Morgan fingerprint density at radius 2 is 2.39 bits per heavy atom. The Morgan fingerprint density at radius 3 is 2.94 bits per heavy atom. The molecule has 5 heteroatoms. The number of likely N-dealkylation sites (tertiary alicyclic amines) is 1. The molecule has 0 aliphatic carbocycles. The van der Waals surface area contributed by atoms with Crippen molar-refractivity contribution in [1.29, 1.82) is 0 Å². The molecule has 1 fully saturated rings. The van der Waals surface area contributed by atoms with E-state index in [-0.39, 0.29) is 12.6 Å². The molecule has 0 bridgehead atoms. The Bertz CT molecular complexity index is 414. The fourth-order valence-electron chi connectivity index (χ4n) is 2.13. The predicted molar refractivity (Wildman–Crippen MR) is 72.0 cm³/mol. The van der Waals surface area contributed by atoms with Crippen LogP contribution in [0.2, 0.25) is 5.02 Å². The topological polar surface area (TPSA) is 58.7 Å². The lowest BCUT2D eigenvalue weighted by Crippen LogP contribution is -2.21. The van der Waals surface area contributed by atoms with Gasteiger partial charge in [-0.3, -0.25) is 0 Å². The quantitative estimate of drug-likeness (QED) is 0.869. The Labute approximate surface area is 112 Å². The summed E-state index contributed by atoms with van der Waals surface area (Å²) in [5, 5.41) is 10.2. The van der Waals surface area contributed by atoms with Gasteiger partial charge < -0.3 is 20.5 Å². The van der Waals surface area contributed by atoms with E-state index >= 15 is 0 Å². The zero-order valence-electron chi connectivity index (χ0n) is 10.5. The summed E-state index contributed by atoms with van der Waals surface area (Å²) in [7, 11) is 2.08. The summed E-state index contributed by atoms with van der Waals surface area (Å²) >= 11 is 6.15. The second kappa shape index (κ2) is 5.89. The van der Waals surface area contributed by atoms with Crippen LogP contribution in [0.4, 0.5) is 0 Å². The van der Waals surface area contributed by atoms with Crippen LogP contribution in [0.25, 0.3) is 0 Å². The van der Waals surface area contributed by atoms with Crippen LogP contribution in [-0.4, -0.2) is 42.8 Å². The first-order valence-corrected chi connectivity index (χ1v) is 6.50. The van der Waals surface area contributed by atoms with E-state index in [9.17, 15) is 5.11 Å². The van der Waals surface area contributed by atoms with Gasteiger partial charge in [-0.25, -0.2) is 0 Å². The molecule has 1 aliphatic heterocycles. The molecule has 0 amide bonds. The molecule has 2 rings (SSSR count). The van der Waals surface area contributed by atoms with Gasteiger partial charge in [-0.15, -0.1) is 0 Å². The minimum absolute atomic E-state index is 0.184. The Morgan fingerprint density at radius 1 is 1.61 bits per heavy atom. The molecule has 0 radical (unpaired) electrons. The molecule has 1 aromatic rings. The lowest BCUT2D eigenvalue weighted by atomic mass is 10.1. The Balaban J connectivity index is 2.05. The number of hydrogen-bond acceptors (Lipinski definition) is 4. The highest BCUT2D eigenvalue weighted by molar-refractivity contribution is 6.32. The molecule has 3 N–H and O–H groups in total. The van der Waals surface area contributed by atoms with Gasteiger partial charge in [0.1, 0.15) is 11.9 Å². The number of hydrogen-bond donors (Lipinski definition) is 2. The third kappa shape index (κ3) is 3.14. The smallest absolute Gasteiger partial charge is 0.138 e. The molecule has 4 nitrogen and oxygen atoms in total. The highest BCUT2D eigenvalue weighted by atomic mass is 35.5. The van der Waals surface area contributed by atoms with Gasteiger partial charge in [0.15, 0.2) is 0 Å². The van der Waals surface area contributed by atoms with Crippen LogP contribution >= 0.6 is 11.6 Å². The molecule has 1 heterocycles. The van der Waals surface area contributed by atoms with Crippen LogP contribution in [0, 0.1) is 0 Å². The highest BCUT2D eigenvalue weighted by Gasteiger charge is 2.21. The zero-order valence-corrected chi connectivity index (χ0v) is 11.2. The molecule has 0 aromatic heterocycles. The number of rotatable bonds is 4. The molecule has 1 aromatic carbocycles. The van der Waals surface area contributed by atoms with Crippen LogP contribution in [0.3, 0.4) is 0 Å². The molecule has 1 saturated heterocycles. The lowest BCUT2D eigenvalue weighted by Gasteiger charge is -2.16. The third-order valence-corrected chi connectivity index (χ3v) is 3.50. The van der Waals surface area contributed by atoms with E-state index in [0.717, 1.165) is 25.1 Å². The molecule has 0 spiro atoms. The summed E-state index contributed by atoms with van der Waals surface area (Å²) in [6.07, 6.45) is 0.534. The number of aliphatic hydroxyl groups is 1. The van der Waals surface area contributed by atoms with E-state index in [1.54, 1.807) is 18.2 Å². The van der Waals surface area contributed by atoms with Crippen molar-refractivity contribution in [3.63, 3.8) is 0 Å². The maximum absolute atomic E-state index is 9.63. The predicted octanol–water partition coefficient (Wildman–Crippen LogP) is 1.41. The second-order valence-corrected chi connectivity index (χ2v) is 5.14. The Hall–Kier alpha value is -0.810. The molecular weight excluding hydrogens is 252 g/mol. The van der Waals surface area contributed by atoms with Crippen molar-refractivity contribution in [1.82, 2.24) is 4.90 Å². The first kappa shape index (κ1) is 13.6. The van der Waals surface area contributed by atoms with Gasteiger partial charge >= 0.3 is 0 Å². The number of likely N-dealkylation sites (N-methyl/N-ethyl adjacent to an activating group) is 1. The van der Waals surface area contributed by atoms with E-state index in [1.165, 1.54) is 0 Å². The van der Waals surface area contributed by atoms with Gasteiger partial charge in [0, 0.05) is 19.6 Å². The van der Waals surface area contributed by atoms with E-state index in [2.05, 4.69) is 11.9 Å². The van der Waals surface area contributed by atoms with Crippen molar-refractivity contribution in [3.05, 3.63) is 28.8 Å². The number of ether oxygens (including phenoxy) is 1. The molecule has 18 heavy (non-hydrogen) atoms. The van der Waals surface area contributed by atoms with E-state index in [1.807, 2.05) is 0 Å². The summed E-state index contributed by atoms with van der Waals surface area (Å²) in [6, 6.07) is 5.32. The summed E-state index contributed by atoms with van der Waals surface area (Å²) in [5.74, 6) is 0.671. The van der Waals surface area contributed by atoms with Gasteiger partial charge in [-0.2, -0.15) is 0 Å². The first-order valence-electron chi connectivity index (χ1n) is 6.13. The summed E-state index contributed by atoms with van der Waals surface area (Å²) in [5.41, 5.74) is 6.13. The maximum atomic E-state index is 9.63. The van der Waals surface area contributed by atoms with Gasteiger partial charge in [-0.1, -0.05) is 17.7 Å². The fraction of sp³-hybridized carbons (Fsp3) is 0.538. The Kier molecular flexibility index (Phi) is 4.45. The van der Waals surface area contributed by atoms with Crippen LogP contribution in [0.1, 0.15) is 18.1 Å². The molecular formula is C13H19ClN2O2. The average molecular weight is 271 g/mol. The number of halogens is 1. The van der Waals surface area contributed by atoms with Crippen LogP contribution in [-0.2, 0) is 0 Å². The maximum Gasteiger partial charge on any atom is 0.138 e. The van der Waals surface area contributed by atoms with E-state index in [4.69, 9.17) is 22.1 Å². The average Bonchev–Trinajstić information content (AvgIpc) is 2.76. The molecule has 2 atom stereocenters. The number of nitrogens with zero attached hydrogens (tertiary/aromatic N) is 1. The van der Waals surface area contributed by atoms with Crippen molar-refractivity contribution in [2.75, 3.05) is 26.7 Å². The standard InChI is InChI=1S/C13H19ClN2O2/c1-16-5-4-10(8-16)18-13-3-2-9(6-11(13)14)12(17)7-15/h2-3,6,10,12,17H,4-5,7-8,15H2,1H3. The molecule has 1 aliphatic rings. The summed E-state index contributed by atoms with van der Waals surface area (Å²) in [6.45, 7) is 2.15. The first-order chi connectivity index (χ1) is 8.60. The molecule has 2 unspecified atom stereocenters. The van der Waals surface area contributed by atoms with Crippen LogP contribution in [0.15, 0.2) is 18.2 Å². The molecule has 0 saturated carbocycles. The van der Waals surface area contributed by atoms with Crippen LogP contribution < -0.4 is 10.5 Å². The third-order valence-electron chi connectivity index (χ3n) is 3.21.